The molecule has 2 atom stereocenters. The van der Waals surface area contributed by atoms with Crippen molar-refractivity contribution in [1.29, 1.82) is 0 Å². The monoisotopic (exact) mass is 401 g/mol. The maximum absolute atomic E-state index is 10.3. The van der Waals surface area contributed by atoms with Crippen LogP contribution in [0.2, 0.25) is 0 Å². The highest BCUT2D eigenvalue weighted by Crippen LogP contribution is 1.95. The van der Waals surface area contributed by atoms with Crippen molar-refractivity contribution in [3.63, 3.8) is 0 Å². The van der Waals surface area contributed by atoms with E-state index in [-0.39, 0.29) is 37.2 Å². The van der Waals surface area contributed by atoms with Crippen molar-refractivity contribution in [3.8, 4) is 0 Å². The third-order valence-electron chi connectivity index (χ3n) is 2.60. The molecule has 0 aromatic carbocycles. The third-order valence-corrected chi connectivity index (χ3v) is 2.60. The number of aromatic amines is 1. The smallest absolute Gasteiger partial charge is 0.320 e. The van der Waals surface area contributed by atoms with E-state index in [1.54, 1.807) is 6.20 Å². The van der Waals surface area contributed by atoms with E-state index in [1.807, 2.05) is 0 Å². The van der Waals surface area contributed by atoms with Crippen LogP contribution in [0.5, 0.6) is 0 Å². The predicted octanol–water partition coefficient (Wildman–Crippen LogP) is -1.34. The number of carboxylic acid groups (broad SMARTS) is 2. The SMILES string of the molecule is Cl.Cl.NC(N)=NCCC[C@H](N)C(=O)O.N[C@@H](Cc1cnc[nH]1)C(=O)O. The molecule has 0 bridgehead atoms. The molecule has 0 fully saturated rings. The first-order chi connectivity index (χ1) is 10.7. The number of nitrogens with zero attached hydrogens (tertiary/aromatic N) is 2. The van der Waals surface area contributed by atoms with Crippen LogP contribution < -0.4 is 22.9 Å². The predicted molar refractivity (Wildman–Crippen MR) is 97.9 cm³/mol. The molecule has 0 spiro atoms. The Hall–Kier alpha value is -2.08. The molecule has 0 aliphatic carbocycles. The topological polar surface area (TPSA) is 220 Å². The summed E-state index contributed by atoms with van der Waals surface area (Å²) in [5.74, 6) is -1.99. The first-order valence-corrected chi connectivity index (χ1v) is 6.73. The van der Waals surface area contributed by atoms with E-state index in [1.165, 1.54) is 6.33 Å². The van der Waals surface area contributed by atoms with Gasteiger partial charge in [-0.3, -0.25) is 14.6 Å². The van der Waals surface area contributed by atoms with Crippen LogP contribution in [-0.4, -0.2) is 56.7 Å². The fourth-order valence-electron chi connectivity index (χ4n) is 1.36. The molecule has 1 rings (SSSR count). The molecule has 11 nitrogen and oxygen atoms in total. The third kappa shape index (κ3) is 15.2. The highest BCUT2D eigenvalue weighted by atomic mass is 35.5. The lowest BCUT2D eigenvalue weighted by molar-refractivity contribution is -0.139. The zero-order chi connectivity index (χ0) is 17.8. The Morgan fingerprint density at radius 2 is 1.72 bits per heavy atom. The van der Waals surface area contributed by atoms with Gasteiger partial charge >= 0.3 is 11.9 Å². The number of rotatable bonds is 8. The number of imidazole rings is 1. The number of carboxylic acids is 2. The van der Waals surface area contributed by atoms with Gasteiger partial charge in [-0.05, 0) is 12.8 Å². The summed E-state index contributed by atoms with van der Waals surface area (Å²) in [6, 6.07) is -1.67. The van der Waals surface area contributed by atoms with E-state index in [0.717, 1.165) is 5.69 Å². The quantitative estimate of drug-likeness (QED) is 0.155. The number of hydrogen-bond acceptors (Lipinski definition) is 6. The van der Waals surface area contributed by atoms with Crippen LogP contribution in [0.25, 0.3) is 0 Å². The van der Waals surface area contributed by atoms with Gasteiger partial charge < -0.3 is 38.1 Å². The number of aromatic nitrogens is 2. The van der Waals surface area contributed by atoms with Gasteiger partial charge in [-0.25, -0.2) is 4.98 Å². The summed E-state index contributed by atoms with van der Waals surface area (Å²) in [7, 11) is 0. The van der Waals surface area contributed by atoms with E-state index in [0.29, 0.717) is 19.4 Å². The Morgan fingerprint density at radius 3 is 2.12 bits per heavy atom. The summed E-state index contributed by atoms with van der Waals surface area (Å²) in [4.78, 5) is 30.7. The van der Waals surface area contributed by atoms with Gasteiger partial charge in [0, 0.05) is 24.9 Å². The summed E-state index contributed by atoms with van der Waals surface area (Å²) >= 11 is 0. The fraction of sp³-hybridized carbons (Fsp3) is 0.500. The number of aliphatic imine (C=N–C) groups is 1. The van der Waals surface area contributed by atoms with Crippen molar-refractivity contribution >= 4 is 42.7 Å². The molecule has 1 aromatic heterocycles. The number of nitrogens with two attached hydrogens (primary N) is 4. The van der Waals surface area contributed by atoms with Crippen LogP contribution in [0.1, 0.15) is 18.5 Å². The number of guanidine groups is 1. The number of hydrogen-bond donors (Lipinski definition) is 7. The molecule has 0 unspecified atom stereocenters. The normalized spacial score (nSPS) is 11.4. The van der Waals surface area contributed by atoms with Crippen LogP contribution >= 0.6 is 24.8 Å². The number of nitrogens with one attached hydrogen (secondary N) is 1. The molecule has 13 heteroatoms. The molecule has 0 radical (unpaired) electrons. The van der Waals surface area contributed by atoms with Crippen LogP contribution in [0.3, 0.4) is 0 Å². The van der Waals surface area contributed by atoms with Gasteiger partial charge in [0.05, 0.1) is 6.33 Å². The summed E-state index contributed by atoms with van der Waals surface area (Å²) < 4.78 is 0. The lowest BCUT2D eigenvalue weighted by atomic mass is 10.2. The van der Waals surface area contributed by atoms with Gasteiger partial charge in [0.15, 0.2) is 5.96 Å². The summed E-state index contributed by atoms with van der Waals surface area (Å²) in [6.45, 7) is 0.420. The number of H-pyrrole nitrogens is 1. The molecule has 25 heavy (non-hydrogen) atoms. The highest BCUT2D eigenvalue weighted by Gasteiger charge is 2.12. The Morgan fingerprint density at radius 1 is 1.16 bits per heavy atom. The zero-order valence-electron chi connectivity index (χ0n) is 13.4. The van der Waals surface area contributed by atoms with Gasteiger partial charge in [-0.1, -0.05) is 0 Å². The van der Waals surface area contributed by atoms with Gasteiger partial charge in [0.25, 0.3) is 0 Å². The van der Waals surface area contributed by atoms with Crippen molar-refractivity contribution in [2.75, 3.05) is 6.54 Å². The van der Waals surface area contributed by atoms with Crippen molar-refractivity contribution < 1.29 is 19.8 Å². The maximum Gasteiger partial charge on any atom is 0.320 e. The summed E-state index contributed by atoms with van der Waals surface area (Å²) in [5, 5.41) is 16.8. The van der Waals surface area contributed by atoms with Crippen molar-refractivity contribution in [2.45, 2.75) is 31.3 Å². The zero-order valence-corrected chi connectivity index (χ0v) is 15.0. The fourth-order valence-corrected chi connectivity index (χ4v) is 1.36. The first-order valence-electron chi connectivity index (χ1n) is 6.73. The summed E-state index contributed by atoms with van der Waals surface area (Å²) in [5.41, 5.74) is 21.3. The second-order valence-electron chi connectivity index (χ2n) is 4.62. The van der Waals surface area contributed by atoms with Crippen molar-refractivity contribution in [1.82, 2.24) is 9.97 Å². The molecule has 1 aromatic rings. The van der Waals surface area contributed by atoms with Crippen LogP contribution in [0.15, 0.2) is 17.5 Å². The molecular formula is C12H25Cl2N7O4. The number of carbonyl (C=O) groups is 2. The Balaban J connectivity index is -0.000000359. The van der Waals surface area contributed by atoms with Gasteiger partial charge in [-0.2, -0.15) is 0 Å². The van der Waals surface area contributed by atoms with E-state index in [9.17, 15) is 9.59 Å². The molecule has 146 valence electrons. The second-order valence-corrected chi connectivity index (χ2v) is 4.62. The van der Waals surface area contributed by atoms with Gasteiger partial charge in [0.1, 0.15) is 12.1 Å². The Bertz CT molecular complexity index is 510. The van der Waals surface area contributed by atoms with Gasteiger partial charge in [-0.15, -0.1) is 24.8 Å². The van der Waals surface area contributed by atoms with Crippen LogP contribution in [-0.2, 0) is 16.0 Å². The largest absolute Gasteiger partial charge is 0.480 e. The number of aliphatic carboxylic acids is 2. The standard InChI is InChI=1S/C6H14N4O2.C6H9N3O2.2ClH/c7-4(5(11)12)2-1-3-10-6(8)9;7-5(6(10)11)1-4-2-8-3-9-4;;/h4H,1-3,7H2,(H,11,12)(H4,8,9,10);2-3,5H,1,7H2,(H,8,9)(H,10,11);2*1H/t4-;5-;;/m00../s1. The van der Waals surface area contributed by atoms with E-state index >= 15 is 0 Å². The lowest BCUT2D eigenvalue weighted by Gasteiger charge is -2.03. The minimum Gasteiger partial charge on any atom is -0.480 e. The maximum atomic E-state index is 10.3. The molecule has 0 amide bonds. The van der Waals surface area contributed by atoms with Crippen molar-refractivity contribution in [2.24, 2.45) is 27.9 Å². The molecular weight excluding hydrogens is 377 g/mol. The molecule has 1 heterocycles. The van der Waals surface area contributed by atoms with E-state index in [4.69, 9.17) is 33.1 Å². The first kappa shape index (κ1) is 27.8. The van der Waals surface area contributed by atoms with Crippen LogP contribution in [0.4, 0.5) is 0 Å². The molecule has 0 saturated carbocycles. The number of halogens is 2. The van der Waals surface area contributed by atoms with Gasteiger partial charge in [0.2, 0.25) is 0 Å². The van der Waals surface area contributed by atoms with Crippen LogP contribution in [0, 0.1) is 0 Å². The Kier molecular flexibility index (Phi) is 17.1. The average molecular weight is 402 g/mol. The average Bonchev–Trinajstić information content (AvgIpc) is 2.96. The lowest BCUT2D eigenvalue weighted by Crippen LogP contribution is -2.32. The highest BCUT2D eigenvalue weighted by molar-refractivity contribution is 5.85. The molecule has 0 saturated heterocycles. The molecule has 0 aliphatic rings. The van der Waals surface area contributed by atoms with Crippen molar-refractivity contribution in [3.05, 3.63) is 18.2 Å². The Labute approximate surface area is 157 Å². The summed E-state index contributed by atoms with van der Waals surface area (Å²) in [6.07, 6.45) is 4.29. The molecule has 0 aliphatic heterocycles. The second kappa shape index (κ2) is 15.4. The van der Waals surface area contributed by atoms with E-state index in [2.05, 4.69) is 15.0 Å². The van der Waals surface area contributed by atoms with E-state index < -0.39 is 24.0 Å². The molecule has 11 N–H and O–H groups in total. The minimum absolute atomic E-state index is 0. The minimum atomic E-state index is -1.00.